The van der Waals surface area contributed by atoms with Gasteiger partial charge in [0.2, 0.25) is 0 Å². The molecular weight excluding hydrogens is 282 g/mol. The molecule has 6 nitrogen and oxygen atoms in total. The van der Waals surface area contributed by atoms with Crippen molar-refractivity contribution in [2.75, 3.05) is 26.1 Å². The van der Waals surface area contributed by atoms with Crippen LogP contribution in [0.15, 0.2) is 18.2 Å². The minimum Gasteiger partial charge on any atom is -0.462 e. The highest BCUT2D eigenvalue weighted by Gasteiger charge is 2.33. The number of benzene rings is 1. The predicted octanol–water partition coefficient (Wildman–Crippen LogP) is 2.25. The summed E-state index contributed by atoms with van der Waals surface area (Å²) >= 11 is 0. The Morgan fingerprint density at radius 1 is 1.45 bits per heavy atom. The van der Waals surface area contributed by atoms with Crippen molar-refractivity contribution in [2.45, 2.75) is 31.7 Å². The maximum Gasteiger partial charge on any atom is 0.328 e. The molecule has 118 valence electrons. The van der Waals surface area contributed by atoms with Crippen LogP contribution in [-0.2, 0) is 14.3 Å². The second-order valence-corrected chi connectivity index (χ2v) is 5.67. The Morgan fingerprint density at radius 3 is 2.91 bits per heavy atom. The normalized spacial score (nSPS) is 15.9. The fourth-order valence-electron chi connectivity index (χ4n) is 2.64. The molecule has 0 spiro atoms. The maximum atomic E-state index is 12.3. The van der Waals surface area contributed by atoms with Crippen LogP contribution in [0, 0.1) is 0 Å². The summed E-state index contributed by atoms with van der Waals surface area (Å²) in [4.78, 5) is 17.0. The third-order valence-corrected chi connectivity index (χ3v) is 3.98. The summed E-state index contributed by atoms with van der Waals surface area (Å²) in [6, 6.07) is 5.23. The number of esters is 1. The van der Waals surface area contributed by atoms with Gasteiger partial charge in [-0.1, -0.05) is 6.07 Å². The van der Waals surface area contributed by atoms with Gasteiger partial charge in [0.1, 0.15) is 24.0 Å². The molecule has 0 bridgehead atoms. The van der Waals surface area contributed by atoms with E-state index in [1.54, 1.807) is 7.11 Å². The Kier molecular flexibility index (Phi) is 4.02. The zero-order valence-electron chi connectivity index (χ0n) is 12.9. The van der Waals surface area contributed by atoms with E-state index in [-0.39, 0.29) is 12.6 Å². The van der Waals surface area contributed by atoms with Crippen molar-refractivity contribution in [3.8, 4) is 0 Å². The van der Waals surface area contributed by atoms with Crippen molar-refractivity contribution in [3.63, 3.8) is 0 Å². The van der Waals surface area contributed by atoms with E-state index >= 15 is 0 Å². The molecular formula is C16H21N3O3. The molecule has 6 heteroatoms. The molecule has 1 fully saturated rings. The average Bonchev–Trinajstić information content (AvgIpc) is 3.27. The van der Waals surface area contributed by atoms with Gasteiger partial charge in [-0.15, -0.1) is 0 Å². The summed E-state index contributed by atoms with van der Waals surface area (Å²) in [5, 5.41) is 0. The van der Waals surface area contributed by atoms with Crippen LogP contribution in [0.4, 0.5) is 5.69 Å². The summed E-state index contributed by atoms with van der Waals surface area (Å²) in [6.07, 6.45) is 2.21. The third-order valence-electron chi connectivity index (χ3n) is 3.98. The average molecular weight is 303 g/mol. The second kappa shape index (κ2) is 5.96. The number of ether oxygens (including phenoxy) is 2. The van der Waals surface area contributed by atoms with Crippen LogP contribution in [0.25, 0.3) is 11.0 Å². The van der Waals surface area contributed by atoms with Crippen LogP contribution in [0.2, 0.25) is 0 Å². The van der Waals surface area contributed by atoms with Crippen molar-refractivity contribution in [1.29, 1.82) is 0 Å². The number of para-hydroxylation sites is 1. The molecule has 2 aromatic rings. The van der Waals surface area contributed by atoms with Crippen molar-refractivity contribution in [1.82, 2.24) is 9.55 Å². The maximum absolute atomic E-state index is 12.3. The number of hydrogen-bond donors (Lipinski definition) is 1. The molecule has 0 saturated heterocycles. The lowest BCUT2D eigenvalue weighted by atomic mass is 10.2. The van der Waals surface area contributed by atoms with Gasteiger partial charge in [-0.3, -0.25) is 0 Å². The molecule has 22 heavy (non-hydrogen) atoms. The molecule has 1 aromatic carbocycles. The van der Waals surface area contributed by atoms with Crippen LogP contribution >= 0.6 is 0 Å². The highest BCUT2D eigenvalue weighted by molar-refractivity contribution is 5.89. The first-order chi connectivity index (χ1) is 10.6. The van der Waals surface area contributed by atoms with Gasteiger partial charge in [0.05, 0.1) is 17.8 Å². The molecule has 1 aliphatic carbocycles. The van der Waals surface area contributed by atoms with Crippen LogP contribution in [-0.4, -0.2) is 35.8 Å². The molecule has 0 radical (unpaired) electrons. The zero-order valence-corrected chi connectivity index (χ0v) is 12.9. The van der Waals surface area contributed by atoms with E-state index < -0.39 is 6.04 Å². The summed E-state index contributed by atoms with van der Waals surface area (Å²) in [7, 11) is 1.58. The van der Waals surface area contributed by atoms with E-state index in [1.807, 2.05) is 29.7 Å². The van der Waals surface area contributed by atoms with Crippen molar-refractivity contribution in [3.05, 3.63) is 24.0 Å². The van der Waals surface area contributed by atoms with Gasteiger partial charge < -0.3 is 19.8 Å². The molecule has 1 heterocycles. The first-order valence-electron chi connectivity index (χ1n) is 7.55. The van der Waals surface area contributed by atoms with Gasteiger partial charge in [-0.25, -0.2) is 9.78 Å². The van der Waals surface area contributed by atoms with Crippen LogP contribution < -0.4 is 5.73 Å². The number of fused-ring (bicyclic) bond motifs is 1. The smallest absolute Gasteiger partial charge is 0.328 e. The standard InChI is InChI=1S/C16H21N3O3/c1-10(16(20)22-9-8-21-2)19-13-5-3-4-12(17)14(13)18-15(19)11-6-7-11/h3-5,10-11H,6-9,17H2,1-2H3. The molecule has 2 N–H and O–H groups in total. The minimum atomic E-state index is -0.431. The molecule has 3 rings (SSSR count). The monoisotopic (exact) mass is 303 g/mol. The number of imidazole rings is 1. The van der Waals surface area contributed by atoms with Crippen LogP contribution in [0.1, 0.15) is 37.5 Å². The highest BCUT2D eigenvalue weighted by atomic mass is 16.6. The SMILES string of the molecule is COCCOC(=O)C(C)n1c(C2CC2)nc2c(N)cccc21. The molecule has 0 amide bonds. The Morgan fingerprint density at radius 2 is 2.23 bits per heavy atom. The van der Waals surface area contributed by atoms with Gasteiger partial charge in [0, 0.05) is 13.0 Å². The number of methoxy groups -OCH3 is 1. The Labute approximate surface area is 129 Å². The van der Waals surface area contributed by atoms with Crippen molar-refractivity contribution in [2.24, 2.45) is 0 Å². The van der Waals surface area contributed by atoms with Gasteiger partial charge in [0.25, 0.3) is 0 Å². The molecule has 0 aliphatic heterocycles. The van der Waals surface area contributed by atoms with Gasteiger partial charge in [0.15, 0.2) is 0 Å². The Balaban J connectivity index is 1.96. The second-order valence-electron chi connectivity index (χ2n) is 5.67. The van der Waals surface area contributed by atoms with Gasteiger partial charge >= 0.3 is 5.97 Å². The number of carbonyl (C=O) groups is 1. The quantitative estimate of drug-likeness (QED) is 0.503. The first-order valence-corrected chi connectivity index (χ1v) is 7.55. The number of anilines is 1. The Hall–Kier alpha value is -2.08. The summed E-state index contributed by atoms with van der Waals surface area (Å²) < 4.78 is 12.1. The van der Waals surface area contributed by atoms with Gasteiger partial charge in [-0.05, 0) is 31.9 Å². The van der Waals surface area contributed by atoms with E-state index in [2.05, 4.69) is 4.98 Å². The van der Waals surface area contributed by atoms with Crippen LogP contribution in [0.5, 0.6) is 0 Å². The van der Waals surface area contributed by atoms with E-state index in [0.29, 0.717) is 18.2 Å². The van der Waals surface area contributed by atoms with E-state index in [9.17, 15) is 4.79 Å². The van der Waals surface area contributed by atoms with Crippen molar-refractivity contribution >= 4 is 22.7 Å². The van der Waals surface area contributed by atoms with Crippen molar-refractivity contribution < 1.29 is 14.3 Å². The lowest BCUT2D eigenvalue weighted by molar-refractivity contribution is -0.148. The lowest BCUT2D eigenvalue weighted by Gasteiger charge is -2.16. The number of hydrogen-bond acceptors (Lipinski definition) is 5. The number of nitrogens with two attached hydrogens (primary N) is 1. The molecule has 1 unspecified atom stereocenters. The summed E-state index contributed by atoms with van der Waals surface area (Å²) in [5.41, 5.74) is 8.31. The fraction of sp³-hybridized carbons (Fsp3) is 0.500. The fourth-order valence-corrected chi connectivity index (χ4v) is 2.64. The zero-order chi connectivity index (χ0) is 15.7. The van der Waals surface area contributed by atoms with Crippen LogP contribution in [0.3, 0.4) is 0 Å². The molecule has 1 atom stereocenters. The van der Waals surface area contributed by atoms with E-state index in [1.165, 1.54) is 0 Å². The number of rotatable bonds is 6. The topological polar surface area (TPSA) is 79.4 Å². The van der Waals surface area contributed by atoms with E-state index in [0.717, 1.165) is 29.7 Å². The lowest BCUT2D eigenvalue weighted by Crippen LogP contribution is -2.22. The summed E-state index contributed by atoms with van der Waals surface area (Å²) in [6.45, 7) is 2.49. The number of carbonyl (C=O) groups excluding carboxylic acids is 1. The Bertz CT molecular complexity index is 691. The van der Waals surface area contributed by atoms with E-state index in [4.69, 9.17) is 15.2 Å². The number of nitrogen functional groups attached to an aromatic ring is 1. The summed E-state index contributed by atoms with van der Waals surface area (Å²) in [5.74, 6) is 1.07. The molecule has 1 aliphatic rings. The minimum absolute atomic E-state index is 0.257. The molecule has 1 aromatic heterocycles. The largest absolute Gasteiger partial charge is 0.462 e. The van der Waals surface area contributed by atoms with Gasteiger partial charge in [-0.2, -0.15) is 0 Å². The predicted molar refractivity (Wildman–Crippen MR) is 83.7 cm³/mol. The highest BCUT2D eigenvalue weighted by Crippen LogP contribution is 2.42. The number of nitrogens with zero attached hydrogens (tertiary/aromatic N) is 2. The third kappa shape index (κ3) is 2.66. The number of aromatic nitrogens is 2. The first kappa shape index (κ1) is 14.8. The molecule has 1 saturated carbocycles.